The fourth-order valence-corrected chi connectivity index (χ4v) is 3.54. The molecule has 2 amide bonds. The van der Waals surface area contributed by atoms with Gasteiger partial charge >= 0.3 is 0 Å². The quantitative estimate of drug-likeness (QED) is 0.632. The van der Waals surface area contributed by atoms with E-state index in [-0.39, 0.29) is 24.2 Å². The molecule has 0 fully saturated rings. The number of carbonyl (C=O) groups is 2. The third-order valence-electron chi connectivity index (χ3n) is 4.90. The standard InChI is InChI=1S/C23H18ClFN2O2/c24-19-9-7-17(8-10-19)23(29)26-14-18-3-1-2-4-21(18)27(22(28)15-26)13-16-5-11-20(25)12-6-16/h1-12H,13-15H2. The third-order valence-corrected chi connectivity index (χ3v) is 5.16. The molecular formula is C23H18ClFN2O2. The molecular weight excluding hydrogens is 391 g/mol. The van der Waals surface area contributed by atoms with Crippen molar-refractivity contribution in [3.63, 3.8) is 0 Å². The van der Waals surface area contributed by atoms with Crippen LogP contribution in [0.2, 0.25) is 5.02 Å². The highest BCUT2D eigenvalue weighted by atomic mass is 35.5. The van der Waals surface area contributed by atoms with Crippen molar-refractivity contribution in [1.82, 2.24) is 4.90 Å². The second kappa shape index (κ2) is 8.05. The summed E-state index contributed by atoms with van der Waals surface area (Å²) in [5, 5.41) is 0.546. The molecule has 4 rings (SSSR count). The highest BCUT2D eigenvalue weighted by molar-refractivity contribution is 6.30. The van der Waals surface area contributed by atoms with Crippen LogP contribution < -0.4 is 4.90 Å². The molecule has 1 aliphatic rings. The van der Waals surface area contributed by atoms with E-state index in [9.17, 15) is 14.0 Å². The highest BCUT2D eigenvalue weighted by Crippen LogP contribution is 2.28. The zero-order valence-electron chi connectivity index (χ0n) is 15.5. The number of anilines is 1. The van der Waals surface area contributed by atoms with Gasteiger partial charge < -0.3 is 9.80 Å². The lowest BCUT2D eigenvalue weighted by Gasteiger charge is -2.23. The normalized spacial score (nSPS) is 13.8. The van der Waals surface area contributed by atoms with Crippen LogP contribution in [0.25, 0.3) is 0 Å². The van der Waals surface area contributed by atoms with Gasteiger partial charge in [-0.1, -0.05) is 41.9 Å². The van der Waals surface area contributed by atoms with Crippen molar-refractivity contribution in [2.75, 3.05) is 11.4 Å². The Labute approximate surface area is 173 Å². The van der Waals surface area contributed by atoms with E-state index in [1.165, 1.54) is 17.0 Å². The van der Waals surface area contributed by atoms with Gasteiger partial charge in [0.25, 0.3) is 5.91 Å². The number of carbonyl (C=O) groups excluding carboxylic acids is 2. The fraction of sp³-hybridized carbons (Fsp3) is 0.130. The molecule has 0 unspecified atom stereocenters. The van der Waals surface area contributed by atoms with E-state index in [1.54, 1.807) is 41.3 Å². The highest BCUT2D eigenvalue weighted by Gasteiger charge is 2.29. The Bertz CT molecular complexity index is 1050. The van der Waals surface area contributed by atoms with Crippen LogP contribution in [0.4, 0.5) is 10.1 Å². The van der Waals surface area contributed by atoms with Gasteiger partial charge in [-0.2, -0.15) is 0 Å². The van der Waals surface area contributed by atoms with Crippen molar-refractivity contribution in [2.45, 2.75) is 13.1 Å². The van der Waals surface area contributed by atoms with Gasteiger partial charge in [-0.3, -0.25) is 9.59 Å². The van der Waals surface area contributed by atoms with Gasteiger partial charge in [-0.05, 0) is 53.6 Å². The van der Waals surface area contributed by atoms with Crippen molar-refractivity contribution in [2.24, 2.45) is 0 Å². The van der Waals surface area contributed by atoms with Crippen LogP contribution in [-0.2, 0) is 17.9 Å². The monoisotopic (exact) mass is 408 g/mol. The average Bonchev–Trinajstić information content (AvgIpc) is 2.86. The minimum atomic E-state index is -0.323. The number of amides is 2. The second-order valence-corrected chi connectivity index (χ2v) is 7.34. The zero-order chi connectivity index (χ0) is 20.4. The first-order valence-electron chi connectivity index (χ1n) is 9.19. The lowest BCUT2D eigenvalue weighted by molar-refractivity contribution is -0.119. The molecule has 0 bridgehead atoms. The summed E-state index contributed by atoms with van der Waals surface area (Å²) in [6.07, 6.45) is 0. The Balaban J connectivity index is 1.65. The predicted molar refractivity (Wildman–Crippen MR) is 110 cm³/mol. The largest absolute Gasteiger partial charge is 0.325 e. The molecule has 29 heavy (non-hydrogen) atoms. The van der Waals surface area contributed by atoms with Crippen LogP contribution in [0.15, 0.2) is 72.8 Å². The molecule has 1 aliphatic heterocycles. The fourth-order valence-electron chi connectivity index (χ4n) is 3.42. The molecule has 0 aliphatic carbocycles. The molecule has 0 saturated carbocycles. The summed E-state index contributed by atoms with van der Waals surface area (Å²) >= 11 is 5.92. The number of nitrogens with zero attached hydrogens (tertiary/aromatic N) is 2. The molecule has 0 atom stereocenters. The summed E-state index contributed by atoms with van der Waals surface area (Å²) < 4.78 is 13.2. The van der Waals surface area contributed by atoms with Crippen LogP contribution in [0.3, 0.4) is 0 Å². The Hall–Kier alpha value is -3.18. The predicted octanol–water partition coefficient (Wildman–Crippen LogP) is 4.67. The van der Waals surface area contributed by atoms with Crippen molar-refractivity contribution in [1.29, 1.82) is 0 Å². The van der Waals surface area contributed by atoms with Gasteiger partial charge in [0.1, 0.15) is 12.4 Å². The third kappa shape index (κ3) is 4.15. The van der Waals surface area contributed by atoms with Crippen LogP contribution in [-0.4, -0.2) is 23.3 Å². The van der Waals surface area contributed by atoms with E-state index in [2.05, 4.69) is 0 Å². The molecule has 6 heteroatoms. The summed E-state index contributed by atoms with van der Waals surface area (Å²) in [7, 11) is 0. The van der Waals surface area contributed by atoms with E-state index in [0.717, 1.165) is 16.8 Å². The molecule has 1 heterocycles. The summed E-state index contributed by atoms with van der Waals surface area (Å²) in [5.74, 6) is -0.744. The molecule has 3 aromatic rings. The van der Waals surface area contributed by atoms with Crippen LogP contribution in [0, 0.1) is 5.82 Å². The summed E-state index contributed by atoms with van der Waals surface area (Å²) in [6, 6.07) is 20.2. The molecule has 146 valence electrons. The van der Waals surface area contributed by atoms with Gasteiger partial charge in [0, 0.05) is 22.8 Å². The average molecular weight is 409 g/mol. The Morgan fingerprint density at radius 2 is 1.62 bits per heavy atom. The first kappa shape index (κ1) is 19.2. The van der Waals surface area contributed by atoms with Crippen molar-refractivity contribution in [3.05, 3.63) is 100 Å². The maximum Gasteiger partial charge on any atom is 0.254 e. The SMILES string of the molecule is O=C(c1ccc(Cl)cc1)N1CC(=O)N(Cc2ccc(F)cc2)c2ccccc2C1. The number of benzene rings is 3. The number of hydrogen-bond donors (Lipinski definition) is 0. The van der Waals surface area contributed by atoms with Gasteiger partial charge in [-0.25, -0.2) is 4.39 Å². The molecule has 0 saturated heterocycles. The Kier molecular flexibility index (Phi) is 5.32. The smallest absolute Gasteiger partial charge is 0.254 e. The molecule has 4 nitrogen and oxygen atoms in total. The van der Waals surface area contributed by atoms with Gasteiger partial charge in [-0.15, -0.1) is 0 Å². The van der Waals surface area contributed by atoms with Gasteiger partial charge in [0.2, 0.25) is 5.91 Å². The summed E-state index contributed by atoms with van der Waals surface area (Å²) in [6.45, 7) is 0.583. The minimum absolute atomic E-state index is 0.0443. The van der Waals surface area contributed by atoms with E-state index < -0.39 is 0 Å². The maximum absolute atomic E-state index is 13.2. The van der Waals surface area contributed by atoms with Crippen LogP contribution >= 0.6 is 11.6 Å². The number of halogens is 2. The number of rotatable bonds is 3. The lowest BCUT2D eigenvalue weighted by atomic mass is 10.1. The minimum Gasteiger partial charge on any atom is -0.325 e. The van der Waals surface area contributed by atoms with Crippen molar-refractivity contribution in [3.8, 4) is 0 Å². The van der Waals surface area contributed by atoms with E-state index in [4.69, 9.17) is 11.6 Å². The molecule has 0 radical (unpaired) electrons. The lowest BCUT2D eigenvalue weighted by Crippen LogP contribution is -2.39. The molecule has 0 aromatic heterocycles. The van der Waals surface area contributed by atoms with Gasteiger partial charge in [0.05, 0.1) is 6.54 Å². The van der Waals surface area contributed by atoms with E-state index >= 15 is 0 Å². The number of para-hydroxylation sites is 1. The van der Waals surface area contributed by atoms with Crippen LogP contribution in [0.1, 0.15) is 21.5 Å². The molecule has 3 aromatic carbocycles. The Morgan fingerprint density at radius 3 is 2.34 bits per heavy atom. The number of hydrogen-bond acceptors (Lipinski definition) is 2. The Morgan fingerprint density at radius 1 is 0.931 bits per heavy atom. The van der Waals surface area contributed by atoms with E-state index in [1.807, 2.05) is 24.3 Å². The second-order valence-electron chi connectivity index (χ2n) is 6.90. The number of fused-ring (bicyclic) bond motifs is 1. The zero-order valence-corrected chi connectivity index (χ0v) is 16.3. The van der Waals surface area contributed by atoms with Gasteiger partial charge in [0.15, 0.2) is 0 Å². The maximum atomic E-state index is 13.2. The molecule has 0 spiro atoms. The first-order chi connectivity index (χ1) is 14.0. The summed E-state index contributed by atoms with van der Waals surface area (Å²) in [4.78, 5) is 29.3. The topological polar surface area (TPSA) is 40.6 Å². The first-order valence-corrected chi connectivity index (χ1v) is 9.56. The van der Waals surface area contributed by atoms with Crippen molar-refractivity contribution < 1.29 is 14.0 Å². The van der Waals surface area contributed by atoms with Crippen molar-refractivity contribution >= 4 is 29.1 Å². The summed E-state index contributed by atoms with van der Waals surface area (Å²) in [5.41, 5.74) is 2.93. The van der Waals surface area contributed by atoms with E-state index in [0.29, 0.717) is 23.7 Å². The molecule has 0 N–H and O–H groups in total. The van der Waals surface area contributed by atoms with Crippen LogP contribution in [0.5, 0.6) is 0 Å².